The molecule has 2 rings (SSSR count). The number of amides is 1. The van der Waals surface area contributed by atoms with Crippen molar-refractivity contribution in [3.63, 3.8) is 0 Å². The molecule has 0 aliphatic heterocycles. The second-order valence-corrected chi connectivity index (χ2v) is 4.65. The topological polar surface area (TPSA) is 42.2 Å². The standard InChI is InChI=1S/C12H16ClNO2/c13-11-10(6-8-16-11)12(15)14-7-5-9-3-1-2-4-9/h6,8-9H,1-5,7H2,(H,14,15). The van der Waals surface area contributed by atoms with Crippen molar-refractivity contribution in [2.45, 2.75) is 32.1 Å². The van der Waals surface area contributed by atoms with Crippen molar-refractivity contribution in [2.24, 2.45) is 5.92 Å². The first-order chi connectivity index (χ1) is 7.77. The Morgan fingerprint density at radius 2 is 2.25 bits per heavy atom. The van der Waals surface area contributed by atoms with Gasteiger partial charge in [0.1, 0.15) is 0 Å². The largest absolute Gasteiger partial charge is 0.452 e. The summed E-state index contributed by atoms with van der Waals surface area (Å²) in [5.41, 5.74) is 0.424. The number of hydrogen-bond acceptors (Lipinski definition) is 2. The normalized spacial score (nSPS) is 16.6. The van der Waals surface area contributed by atoms with Crippen LogP contribution >= 0.6 is 11.6 Å². The van der Waals surface area contributed by atoms with Crippen molar-refractivity contribution in [1.29, 1.82) is 0 Å². The molecule has 3 nitrogen and oxygen atoms in total. The first-order valence-corrected chi connectivity index (χ1v) is 6.16. The Morgan fingerprint density at radius 1 is 1.50 bits per heavy atom. The van der Waals surface area contributed by atoms with Gasteiger partial charge in [0.15, 0.2) is 0 Å². The van der Waals surface area contributed by atoms with Crippen molar-refractivity contribution >= 4 is 17.5 Å². The molecule has 0 unspecified atom stereocenters. The predicted molar refractivity (Wildman–Crippen MR) is 62.6 cm³/mol. The number of rotatable bonds is 4. The van der Waals surface area contributed by atoms with Crippen LogP contribution in [0.1, 0.15) is 42.5 Å². The maximum atomic E-state index is 11.6. The van der Waals surface area contributed by atoms with Crippen LogP contribution in [-0.4, -0.2) is 12.5 Å². The van der Waals surface area contributed by atoms with Gasteiger partial charge in [0, 0.05) is 6.54 Å². The Balaban J connectivity index is 1.73. The van der Waals surface area contributed by atoms with Gasteiger partial charge >= 0.3 is 0 Å². The Hall–Kier alpha value is -0.960. The molecule has 1 saturated carbocycles. The Kier molecular flexibility index (Phi) is 3.88. The highest BCUT2D eigenvalue weighted by molar-refractivity contribution is 6.32. The molecule has 1 N–H and O–H groups in total. The summed E-state index contributed by atoms with van der Waals surface area (Å²) in [4.78, 5) is 11.6. The number of furan rings is 1. The minimum Gasteiger partial charge on any atom is -0.452 e. The maximum Gasteiger partial charge on any atom is 0.256 e. The lowest BCUT2D eigenvalue weighted by Gasteiger charge is -2.09. The Bertz CT molecular complexity index is 356. The van der Waals surface area contributed by atoms with Gasteiger partial charge < -0.3 is 9.73 Å². The van der Waals surface area contributed by atoms with Gasteiger partial charge in [-0.3, -0.25) is 4.79 Å². The molecule has 1 amide bonds. The average Bonchev–Trinajstić information content (AvgIpc) is 2.88. The maximum absolute atomic E-state index is 11.6. The van der Waals surface area contributed by atoms with E-state index in [9.17, 15) is 4.79 Å². The van der Waals surface area contributed by atoms with Crippen LogP contribution in [0.3, 0.4) is 0 Å². The average molecular weight is 242 g/mol. The van der Waals surface area contributed by atoms with Crippen molar-refractivity contribution in [2.75, 3.05) is 6.54 Å². The number of hydrogen-bond donors (Lipinski definition) is 1. The van der Waals surface area contributed by atoms with Crippen molar-refractivity contribution < 1.29 is 9.21 Å². The molecule has 16 heavy (non-hydrogen) atoms. The van der Waals surface area contributed by atoms with Gasteiger partial charge in [0.2, 0.25) is 5.22 Å². The van der Waals surface area contributed by atoms with Gasteiger partial charge in [0.25, 0.3) is 5.91 Å². The number of carbonyl (C=O) groups is 1. The van der Waals surface area contributed by atoms with Gasteiger partial charge in [-0.2, -0.15) is 0 Å². The van der Waals surface area contributed by atoms with Crippen LogP contribution in [0.25, 0.3) is 0 Å². The molecule has 0 bridgehead atoms. The van der Waals surface area contributed by atoms with Crippen LogP contribution in [-0.2, 0) is 0 Å². The van der Waals surface area contributed by atoms with Gasteiger partial charge in [-0.25, -0.2) is 0 Å². The van der Waals surface area contributed by atoms with E-state index in [1.54, 1.807) is 6.07 Å². The monoisotopic (exact) mass is 241 g/mol. The summed E-state index contributed by atoms with van der Waals surface area (Å²) in [6, 6.07) is 1.59. The van der Waals surface area contributed by atoms with Crippen LogP contribution in [0.15, 0.2) is 16.7 Å². The number of halogens is 1. The third-order valence-electron chi connectivity index (χ3n) is 3.18. The summed E-state index contributed by atoms with van der Waals surface area (Å²) < 4.78 is 4.87. The molecule has 0 spiro atoms. The molecule has 0 atom stereocenters. The lowest BCUT2D eigenvalue weighted by molar-refractivity contribution is 0.0951. The van der Waals surface area contributed by atoms with E-state index in [0.717, 1.165) is 18.9 Å². The van der Waals surface area contributed by atoms with Gasteiger partial charge in [-0.15, -0.1) is 0 Å². The first kappa shape index (κ1) is 11.5. The van der Waals surface area contributed by atoms with Gasteiger partial charge in [-0.05, 0) is 30.0 Å². The number of nitrogens with one attached hydrogen (secondary N) is 1. The molecular weight excluding hydrogens is 226 g/mol. The Morgan fingerprint density at radius 3 is 2.88 bits per heavy atom. The lowest BCUT2D eigenvalue weighted by atomic mass is 10.0. The molecule has 1 aromatic heterocycles. The quantitative estimate of drug-likeness (QED) is 0.879. The van der Waals surface area contributed by atoms with E-state index < -0.39 is 0 Å². The second kappa shape index (κ2) is 5.39. The second-order valence-electron chi connectivity index (χ2n) is 4.30. The third-order valence-corrected chi connectivity index (χ3v) is 3.47. The van der Waals surface area contributed by atoms with Crippen LogP contribution in [0, 0.1) is 5.92 Å². The highest BCUT2D eigenvalue weighted by Gasteiger charge is 2.16. The fourth-order valence-corrected chi connectivity index (χ4v) is 2.44. The summed E-state index contributed by atoms with van der Waals surface area (Å²) in [5, 5.41) is 3.03. The van der Waals surface area contributed by atoms with Crippen molar-refractivity contribution in [3.05, 3.63) is 23.1 Å². The molecular formula is C12H16ClNO2. The first-order valence-electron chi connectivity index (χ1n) is 5.78. The van der Waals surface area contributed by atoms with Crippen LogP contribution in [0.2, 0.25) is 5.22 Å². The van der Waals surface area contributed by atoms with E-state index in [0.29, 0.717) is 5.56 Å². The highest BCUT2D eigenvalue weighted by Crippen LogP contribution is 2.27. The molecule has 1 fully saturated rings. The zero-order valence-corrected chi connectivity index (χ0v) is 9.93. The van der Waals surface area contributed by atoms with Crippen molar-refractivity contribution in [1.82, 2.24) is 5.32 Å². The predicted octanol–water partition coefficient (Wildman–Crippen LogP) is 3.24. The SMILES string of the molecule is O=C(NCCC1CCCC1)c1ccoc1Cl. The molecule has 1 aromatic rings. The zero-order chi connectivity index (χ0) is 11.4. The molecule has 88 valence electrons. The van der Waals surface area contributed by atoms with E-state index >= 15 is 0 Å². The molecule has 0 radical (unpaired) electrons. The van der Waals surface area contributed by atoms with Crippen LogP contribution < -0.4 is 5.32 Å². The van der Waals surface area contributed by atoms with Crippen molar-refractivity contribution in [3.8, 4) is 0 Å². The summed E-state index contributed by atoms with van der Waals surface area (Å²) in [6.07, 6.45) is 7.79. The Labute approximate surface area is 100 Å². The van der Waals surface area contributed by atoms with Crippen LogP contribution in [0.5, 0.6) is 0 Å². The zero-order valence-electron chi connectivity index (χ0n) is 9.17. The van der Waals surface area contributed by atoms with E-state index in [1.165, 1.54) is 31.9 Å². The van der Waals surface area contributed by atoms with E-state index in [1.807, 2.05) is 0 Å². The van der Waals surface area contributed by atoms with E-state index in [2.05, 4.69) is 5.32 Å². The van der Waals surface area contributed by atoms with E-state index in [4.69, 9.17) is 16.0 Å². The van der Waals surface area contributed by atoms with Gasteiger partial charge in [0.05, 0.1) is 11.8 Å². The summed E-state index contributed by atoms with van der Waals surface area (Å²) in [5.74, 6) is 0.650. The molecule has 0 saturated heterocycles. The lowest BCUT2D eigenvalue weighted by Crippen LogP contribution is -2.25. The summed E-state index contributed by atoms with van der Waals surface area (Å²) >= 11 is 5.71. The third kappa shape index (κ3) is 2.79. The number of carbonyl (C=O) groups excluding carboxylic acids is 1. The molecule has 1 heterocycles. The fourth-order valence-electron chi connectivity index (χ4n) is 2.24. The van der Waals surface area contributed by atoms with Crippen LogP contribution in [0.4, 0.5) is 0 Å². The fraction of sp³-hybridized carbons (Fsp3) is 0.583. The summed E-state index contributed by atoms with van der Waals surface area (Å²) in [7, 11) is 0. The van der Waals surface area contributed by atoms with E-state index in [-0.39, 0.29) is 11.1 Å². The smallest absolute Gasteiger partial charge is 0.256 e. The molecule has 4 heteroatoms. The molecule has 1 aliphatic rings. The molecule has 1 aliphatic carbocycles. The van der Waals surface area contributed by atoms with Gasteiger partial charge in [-0.1, -0.05) is 25.7 Å². The summed E-state index contributed by atoms with van der Waals surface area (Å²) in [6.45, 7) is 0.727. The highest BCUT2D eigenvalue weighted by atomic mass is 35.5. The minimum atomic E-state index is -0.142. The molecule has 0 aromatic carbocycles. The minimum absolute atomic E-state index is 0.142.